The molecule has 6 nitrogen and oxygen atoms in total. The van der Waals surface area contributed by atoms with Gasteiger partial charge in [-0.1, -0.05) is 11.1 Å². The van der Waals surface area contributed by atoms with Gasteiger partial charge in [-0.2, -0.15) is 4.98 Å². The minimum Gasteiger partial charge on any atom is -0.493 e. The maximum absolute atomic E-state index is 5.48. The smallest absolute Gasteiger partial charge is 0.258 e. The van der Waals surface area contributed by atoms with E-state index in [1.807, 2.05) is 25.1 Å². The second-order valence-corrected chi connectivity index (χ2v) is 4.97. The maximum atomic E-state index is 5.48. The lowest BCUT2D eigenvalue weighted by Crippen LogP contribution is -1.97. The Morgan fingerprint density at radius 3 is 2.71 bits per heavy atom. The first-order valence-electron chi connectivity index (χ1n) is 7.22. The van der Waals surface area contributed by atoms with Crippen LogP contribution in [0.25, 0.3) is 22.8 Å². The summed E-state index contributed by atoms with van der Waals surface area (Å²) in [6.45, 7) is 2.06. The summed E-state index contributed by atoms with van der Waals surface area (Å²) in [6.07, 6.45) is 6.94. The van der Waals surface area contributed by atoms with Gasteiger partial charge in [-0.15, -0.1) is 6.42 Å². The molecule has 0 saturated heterocycles. The first-order chi connectivity index (χ1) is 11.7. The van der Waals surface area contributed by atoms with Crippen LogP contribution in [0.5, 0.6) is 11.5 Å². The Labute approximate surface area is 139 Å². The predicted molar refractivity (Wildman–Crippen MR) is 88.6 cm³/mol. The molecule has 24 heavy (non-hydrogen) atoms. The van der Waals surface area contributed by atoms with Crippen molar-refractivity contribution < 1.29 is 14.0 Å². The van der Waals surface area contributed by atoms with E-state index >= 15 is 0 Å². The molecule has 0 radical (unpaired) electrons. The van der Waals surface area contributed by atoms with Gasteiger partial charge >= 0.3 is 0 Å². The van der Waals surface area contributed by atoms with Crippen LogP contribution in [0.2, 0.25) is 0 Å². The predicted octanol–water partition coefficient (Wildman–Crippen LogP) is 3.13. The van der Waals surface area contributed by atoms with Gasteiger partial charge in [0.2, 0.25) is 5.82 Å². The molecule has 120 valence electrons. The van der Waals surface area contributed by atoms with Gasteiger partial charge in [-0.25, -0.2) is 0 Å². The molecule has 2 heterocycles. The number of ether oxygens (including phenoxy) is 2. The molecule has 0 bridgehead atoms. The number of terminal acetylenes is 1. The third-order valence-electron chi connectivity index (χ3n) is 3.32. The monoisotopic (exact) mass is 321 g/mol. The number of rotatable bonds is 5. The molecule has 0 saturated carbocycles. The van der Waals surface area contributed by atoms with Crippen molar-refractivity contribution in [2.75, 3.05) is 13.7 Å². The Hall–Kier alpha value is -3.33. The molecule has 3 aromatic rings. The minimum absolute atomic E-state index is 0.143. The molecular weight excluding hydrogens is 306 g/mol. The van der Waals surface area contributed by atoms with E-state index in [9.17, 15) is 0 Å². The zero-order chi connectivity index (χ0) is 16.9. The van der Waals surface area contributed by atoms with Crippen molar-refractivity contribution in [1.82, 2.24) is 15.1 Å². The third kappa shape index (κ3) is 3.20. The van der Waals surface area contributed by atoms with E-state index in [2.05, 4.69) is 21.0 Å². The summed E-state index contributed by atoms with van der Waals surface area (Å²) in [5, 5.41) is 4.00. The Morgan fingerprint density at radius 1 is 1.17 bits per heavy atom. The fourth-order valence-corrected chi connectivity index (χ4v) is 2.10. The van der Waals surface area contributed by atoms with E-state index in [-0.39, 0.29) is 6.61 Å². The van der Waals surface area contributed by atoms with Crippen molar-refractivity contribution >= 4 is 0 Å². The fraction of sp³-hybridized carbons (Fsp3) is 0.167. The average Bonchev–Trinajstić information content (AvgIpc) is 3.10. The van der Waals surface area contributed by atoms with Crippen molar-refractivity contribution in [1.29, 1.82) is 0 Å². The van der Waals surface area contributed by atoms with Crippen LogP contribution < -0.4 is 9.47 Å². The molecule has 0 aliphatic heterocycles. The van der Waals surface area contributed by atoms with Gasteiger partial charge in [0.25, 0.3) is 5.89 Å². The normalized spacial score (nSPS) is 10.2. The van der Waals surface area contributed by atoms with E-state index in [0.29, 0.717) is 28.8 Å². The van der Waals surface area contributed by atoms with E-state index in [0.717, 1.165) is 11.3 Å². The van der Waals surface area contributed by atoms with Gasteiger partial charge in [0, 0.05) is 23.0 Å². The number of pyridine rings is 1. The highest BCUT2D eigenvalue weighted by molar-refractivity contribution is 5.62. The van der Waals surface area contributed by atoms with Crippen LogP contribution in [0.4, 0.5) is 0 Å². The van der Waals surface area contributed by atoms with Gasteiger partial charge in [-0.05, 0) is 37.3 Å². The molecule has 1 aromatic carbocycles. The van der Waals surface area contributed by atoms with Crippen molar-refractivity contribution in [3.05, 3.63) is 42.2 Å². The SMILES string of the molecule is C#CCOc1cc(-c2nc(-c3ccc(C)nc3)no2)ccc1OC. The first kappa shape index (κ1) is 15.6. The second kappa shape index (κ2) is 6.84. The van der Waals surface area contributed by atoms with E-state index in [1.54, 1.807) is 25.4 Å². The number of benzene rings is 1. The van der Waals surface area contributed by atoms with Gasteiger partial charge in [0.05, 0.1) is 7.11 Å². The van der Waals surface area contributed by atoms with E-state index in [1.165, 1.54) is 0 Å². The number of hydrogen-bond acceptors (Lipinski definition) is 6. The first-order valence-corrected chi connectivity index (χ1v) is 7.22. The fourth-order valence-electron chi connectivity index (χ4n) is 2.10. The average molecular weight is 321 g/mol. The van der Waals surface area contributed by atoms with Crippen LogP contribution in [-0.2, 0) is 0 Å². The van der Waals surface area contributed by atoms with Crippen LogP contribution in [-0.4, -0.2) is 28.8 Å². The summed E-state index contributed by atoms with van der Waals surface area (Å²) in [5.74, 6) is 4.36. The quantitative estimate of drug-likeness (QED) is 0.672. The number of methoxy groups -OCH3 is 1. The molecule has 6 heteroatoms. The van der Waals surface area contributed by atoms with Crippen molar-refractivity contribution in [3.8, 4) is 46.7 Å². The van der Waals surface area contributed by atoms with Gasteiger partial charge in [0.15, 0.2) is 11.5 Å². The second-order valence-electron chi connectivity index (χ2n) is 4.97. The molecule has 0 N–H and O–H groups in total. The summed E-state index contributed by atoms with van der Waals surface area (Å²) < 4.78 is 16.1. The van der Waals surface area contributed by atoms with Gasteiger partial charge < -0.3 is 14.0 Å². The van der Waals surface area contributed by atoms with Crippen LogP contribution in [0.15, 0.2) is 41.1 Å². The molecule has 0 unspecified atom stereocenters. The number of hydrogen-bond donors (Lipinski definition) is 0. The lowest BCUT2D eigenvalue weighted by Gasteiger charge is -2.09. The molecule has 0 spiro atoms. The zero-order valence-electron chi connectivity index (χ0n) is 13.3. The number of aryl methyl sites for hydroxylation is 1. The lowest BCUT2D eigenvalue weighted by atomic mass is 10.2. The molecule has 0 aliphatic carbocycles. The summed E-state index contributed by atoms with van der Waals surface area (Å²) in [5.41, 5.74) is 2.42. The zero-order valence-corrected chi connectivity index (χ0v) is 13.3. The van der Waals surface area contributed by atoms with E-state index < -0.39 is 0 Å². The summed E-state index contributed by atoms with van der Waals surface area (Å²) in [4.78, 5) is 8.63. The molecule has 0 fully saturated rings. The standard InChI is InChI=1S/C18H15N3O3/c1-4-9-23-16-10-13(7-8-15(16)22-3)18-20-17(21-24-18)14-6-5-12(2)19-11-14/h1,5-8,10-11H,9H2,2-3H3. The lowest BCUT2D eigenvalue weighted by molar-refractivity contribution is 0.331. The summed E-state index contributed by atoms with van der Waals surface area (Å²) >= 11 is 0. The number of aromatic nitrogens is 3. The van der Waals surface area contributed by atoms with Crippen LogP contribution >= 0.6 is 0 Å². The molecule has 0 aliphatic rings. The highest BCUT2D eigenvalue weighted by atomic mass is 16.5. The topological polar surface area (TPSA) is 70.3 Å². The van der Waals surface area contributed by atoms with E-state index in [4.69, 9.17) is 20.4 Å². The molecule has 2 aromatic heterocycles. The highest BCUT2D eigenvalue weighted by Crippen LogP contribution is 2.32. The van der Waals surface area contributed by atoms with Crippen LogP contribution in [0, 0.1) is 19.3 Å². The van der Waals surface area contributed by atoms with Crippen molar-refractivity contribution in [2.45, 2.75) is 6.92 Å². The molecule has 0 amide bonds. The third-order valence-corrected chi connectivity index (χ3v) is 3.32. The summed E-state index contributed by atoms with van der Waals surface area (Å²) in [6, 6.07) is 9.11. The Morgan fingerprint density at radius 2 is 2.00 bits per heavy atom. The Bertz CT molecular complexity index is 879. The molecule has 0 atom stereocenters. The van der Waals surface area contributed by atoms with Gasteiger partial charge in [0.1, 0.15) is 6.61 Å². The van der Waals surface area contributed by atoms with Crippen LogP contribution in [0.3, 0.4) is 0 Å². The largest absolute Gasteiger partial charge is 0.493 e. The molecule has 3 rings (SSSR count). The summed E-state index contributed by atoms with van der Waals surface area (Å²) in [7, 11) is 1.56. The van der Waals surface area contributed by atoms with Crippen molar-refractivity contribution in [3.63, 3.8) is 0 Å². The van der Waals surface area contributed by atoms with Crippen molar-refractivity contribution in [2.24, 2.45) is 0 Å². The molecular formula is C18H15N3O3. The minimum atomic E-state index is 0.143. The van der Waals surface area contributed by atoms with Crippen LogP contribution in [0.1, 0.15) is 5.69 Å². The Kier molecular flexibility index (Phi) is 4.43. The maximum Gasteiger partial charge on any atom is 0.258 e. The number of nitrogens with zero attached hydrogens (tertiary/aromatic N) is 3. The highest BCUT2D eigenvalue weighted by Gasteiger charge is 2.14. The Balaban J connectivity index is 1.92. The van der Waals surface area contributed by atoms with Gasteiger partial charge in [-0.3, -0.25) is 4.98 Å².